The minimum Gasteiger partial charge on any atom is -0.465 e. The molecule has 0 spiro atoms. The maximum Gasteiger partial charge on any atom is 0.337 e. The molecule has 0 radical (unpaired) electrons. The van der Waals surface area contributed by atoms with Gasteiger partial charge in [-0.1, -0.05) is 24.3 Å². The third-order valence-electron chi connectivity index (χ3n) is 6.15. The summed E-state index contributed by atoms with van der Waals surface area (Å²) in [5, 5.41) is 5.36. The van der Waals surface area contributed by atoms with Crippen LogP contribution in [-0.2, 0) is 34.3 Å². The van der Waals surface area contributed by atoms with Crippen molar-refractivity contribution in [2.45, 2.75) is 19.0 Å². The number of methoxy groups -OCH3 is 1. The lowest BCUT2D eigenvalue weighted by molar-refractivity contribution is -0.136. The first kappa shape index (κ1) is 23.3. The third kappa shape index (κ3) is 5.18. The molecule has 2 heterocycles. The van der Waals surface area contributed by atoms with Crippen LogP contribution in [0.3, 0.4) is 0 Å². The van der Waals surface area contributed by atoms with Crippen LogP contribution in [0.5, 0.6) is 0 Å². The number of anilines is 1. The maximum absolute atomic E-state index is 12.6. The lowest BCUT2D eigenvalue weighted by Crippen LogP contribution is -2.44. The van der Waals surface area contributed by atoms with Gasteiger partial charge >= 0.3 is 17.8 Å². The molecule has 0 saturated heterocycles. The fourth-order valence-electron chi connectivity index (χ4n) is 4.29. The second kappa shape index (κ2) is 10.4. The van der Waals surface area contributed by atoms with Crippen LogP contribution < -0.4 is 10.6 Å². The summed E-state index contributed by atoms with van der Waals surface area (Å²) in [6, 6.07) is 18.5. The van der Waals surface area contributed by atoms with Crippen LogP contribution >= 0.6 is 0 Å². The molecule has 0 saturated carbocycles. The molecule has 2 amide bonds. The van der Waals surface area contributed by atoms with E-state index in [4.69, 9.17) is 0 Å². The van der Waals surface area contributed by atoms with Crippen molar-refractivity contribution < 1.29 is 19.1 Å². The topological polar surface area (TPSA) is 92.7 Å². The first-order valence-electron chi connectivity index (χ1n) is 11.2. The van der Waals surface area contributed by atoms with Crippen molar-refractivity contribution in [3.8, 4) is 0 Å². The summed E-state index contributed by atoms with van der Waals surface area (Å²) in [6.45, 7) is 1.94. The van der Waals surface area contributed by atoms with Crippen LogP contribution in [0, 0.1) is 0 Å². The summed E-state index contributed by atoms with van der Waals surface area (Å²) < 4.78 is 6.70. The van der Waals surface area contributed by atoms with Crippen LogP contribution in [0.1, 0.15) is 33.2 Å². The Morgan fingerprint density at radius 2 is 1.71 bits per heavy atom. The number of rotatable bonds is 6. The average molecular weight is 461 g/mol. The molecule has 1 unspecified atom stereocenters. The number of esters is 1. The average Bonchev–Trinajstić information content (AvgIpc) is 3.29. The number of nitrogens with one attached hydrogen (secondary N) is 2. The molecule has 1 atom stereocenters. The first-order chi connectivity index (χ1) is 16.5. The van der Waals surface area contributed by atoms with Crippen molar-refractivity contribution in [1.82, 2.24) is 14.8 Å². The van der Waals surface area contributed by atoms with Gasteiger partial charge in [-0.3, -0.25) is 14.5 Å². The molecule has 0 aliphatic carbocycles. The predicted molar refractivity (Wildman–Crippen MR) is 128 cm³/mol. The molecule has 176 valence electrons. The molecule has 2 N–H and O–H groups in total. The van der Waals surface area contributed by atoms with Gasteiger partial charge in [0.1, 0.15) is 0 Å². The van der Waals surface area contributed by atoms with Crippen LogP contribution in [0.15, 0.2) is 66.9 Å². The van der Waals surface area contributed by atoms with E-state index in [1.54, 1.807) is 12.1 Å². The zero-order valence-electron chi connectivity index (χ0n) is 19.3. The fraction of sp³-hybridized carbons (Fsp3) is 0.269. The fourth-order valence-corrected chi connectivity index (χ4v) is 4.29. The molecule has 1 aliphatic heterocycles. The minimum atomic E-state index is -0.763. The second-order valence-electron chi connectivity index (χ2n) is 8.28. The van der Waals surface area contributed by atoms with Gasteiger partial charge in [0.05, 0.1) is 18.7 Å². The smallest absolute Gasteiger partial charge is 0.337 e. The number of hydrogen-bond donors (Lipinski definition) is 2. The Morgan fingerprint density at radius 1 is 0.971 bits per heavy atom. The van der Waals surface area contributed by atoms with E-state index in [9.17, 15) is 14.4 Å². The van der Waals surface area contributed by atoms with E-state index < -0.39 is 17.8 Å². The monoisotopic (exact) mass is 460 g/mol. The van der Waals surface area contributed by atoms with Crippen molar-refractivity contribution in [2.24, 2.45) is 7.05 Å². The highest BCUT2D eigenvalue weighted by Gasteiger charge is 2.27. The van der Waals surface area contributed by atoms with Crippen molar-refractivity contribution in [3.63, 3.8) is 0 Å². The number of aromatic nitrogens is 1. The first-order valence-corrected chi connectivity index (χ1v) is 11.2. The Morgan fingerprint density at radius 3 is 2.38 bits per heavy atom. The summed E-state index contributed by atoms with van der Waals surface area (Å²) in [6.07, 6.45) is 2.92. The van der Waals surface area contributed by atoms with Gasteiger partial charge in [0, 0.05) is 44.3 Å². The second-order valence-corrected chi connectivity index (χ2v) is 8.28. The number of nitrogens with zero attached hydrogens (tertiary/aromatic N) is 2. The van der Waals surface area contributed by atoms with Gasteiger partial charge in [-0.25, -0.2) is 4.79 Å². The molecule has 0 bridgehead atoms. The molecule has 1 aromatic heterocycles. The van der Waals surface area contributed by atoms with Crippen LogP contribution in [0.4, 0.5) is 5.69 Å². The number of carbonyl (C=O) groups excluding carboxylic acids is 3. The SMILES string of the molecule is COC(=O)c1ccc(NC(=O)C(=O)NCC(c2cccn2C)N2CCc3ccccc3C2)cc1. The summed E-state index contributed by atoms with van der Waals surface area (Å²) in [4.78, 5) is 38.9. The van der Waals surface area contributed by atoms with Gasteiger partial charge in [-0.05, 0) is 53.9 Å². The molecule has 3 aromatic rings. The van der Waals surface area contributed by atoms with Crippen LogP contribution in [-0.4, -0.2) is 47.4 Å². The molecule has 8 heteroatoms. The van der Waals surface area contributed by atoms with E-state index >= 15 is 0 Å². The van der Waals surface area contributed by atoms with Crippen molar-refractivity contribution >= 4 is 23.5 Å². The predicted octanol–water partition coefficient (Wildman–Crippen LogP) is 2.67. The normalized spacial score (nSPS) is 14.1. The Kier molecular flexibility index (Phi) is 7.08. The lowest BCUT2D eigenvalue weighted by atomic mass is 9.98. The molecule has 1 aliphatic rings. The van der Waals surface area contributed by atoms with Gasteiger partial charge in [0.15, 0.2) is 0 Å². The largest absolute Gasteiger partial charge is 0.465 e. The Balaban J connectivity index is 1.41. The van der Waals surface area contributed by atoms with Gasteiger partial charge < -0.3 is 19.9 Å². The minimum absolute atomic E-state index is 0.0792. The van der Waals surface area contributed by atoms with E-state index in [0.717, 1.165) is 25.2 Å². The number of carbonyl (C=O) groups is 3. The van der Waals surface area contributed by atoms with E-state index in [0.29, 0.717) is 17.8 Å². The van der Waals surface area contributed by atoms with E-state index in [1.807, 2.05) is 36.0 Å². The lowest BCUT2D eigenvalue weighted by Gasteiger charge is -2.36. The zero-order valence-corrected chi connectivity index (χ0v) is 19.3. The number of ether oxygens (including phenoxy) is 1. The molecular formula is C26H28N4O4. The molecule has 0 fully saturated rings. The number of benzene rings is 2. The van der Waals surface area contributed by atoms with Gasteiger partial charge in [-0.15, -0.1) is 0 Å². The van der Waals surface area contributed by atoms with E-state index in [1.165, 1.54) is 30.4 Å². The molecule has 4 rings (SSSR count). The number of fused-ring (bicyclic) bond motifs is 1. The standard InChI is InChI=1S/C26H28N4O4/c1-29-14-5-8-22(29)23(30-15-13-18-6-3-4-7-20(18)17-30)16-27-24(31)25(32)28-21-11-9-19(10-12-21)26(33)34-2/h3-12,14,23H,13,15-17H2,1-2H3,(H,27,31)(H,28,32). The van der Waals surface area contributed by atoms with Gasteiger partial charge in [0.2, 0.25) is 0 Å². The highest BCUT2D eigenvalue weighted by Crippen LogP contribution is 2.27. The highest BCUT2D eigenvalue weighted by atomic mass is 16.5. The van der Waals surface area contributed by atoms with Gasteiger partial charge in [-0.2, -0.15) is 0 Å². The Labute approximate surface area is 198 Å². The molecule has 34 heavy (non-hydrogen) atoms. The zero-order chi connectivity index (χ0) is 24.1. The summed E-state index contributed by atoms with van der Waals surface area (Å²) in [5.74, 6) is -1.95. The van der Waals surface area contributed by atoms with Gasteiger partial charge in [0.25, 0.3) is 0 Å². The third-order valence-corrected chi connectivity index (χ3v) is 6.15. The van der Waals surface area contributed by atoms with E-state index in [2.05, 4.69) is 38.5 Å². The van der Waals surface area contributed by atoms with E-state index in [-0.39, 0.29) is 6.04 Å². The maximum atomic E-state index is 12.6. The summed E-state index contributed by atoms with van der Waals surface area (Å²) >= 11 is 0. The van der Waals surface area contributed by atoms with Crippen LogP contribution in [0.2, 0.25) is 0 Å². The quantitative estimate of drug-likeness (QED) is 0.436. The Hall–Kier alpha value is -3.91. The van der Waals surface area contributed by atoms with Crippen molar-refractivity contribution in [1.29, 1.82) is 0 Å². The highest BCUT2D eigenvalue weighted by molar-refractivity contribution is 6.39. The number of hydrogen-bond acceptors (Lipinski definition) is 5. The summed E-state index contributed by atoms with van der Waals surface area (Å²) in [5.41, 5.74) is 4.48. The number of aryl methyl sites for hydroxylation is 1. The van der Waals surface area contributed by atoms with Crippen LogP contribution in [0.25, 0.3) is 0 Å². The molecule has 2 aromatic carbocycles. The number of amides is 2. The Bertz CT molecular complexity index is 1190. The van der Waals surface area contributed by atoms with Crippen molar-refractivity contribution in [3.05, 3.63) is 89.2 Å². The summed E-state index contributed by atoms with van der Waals surface area (Å²) in [7, 11) is 3.28. The molecule has 8 nitrogen and oxygen atoms in total. The van der Waals surface area contributed by atoms with Crippen molar-refractivity contribution in [2.75, 3.05) is 25.5 Å². The molecular weight excluding hydrogens is 432 g/mol.